The monoisotopic (exact) mass is 270 g/mol. The molecule has 3 N–H and O–H groups in total. The zero-order valence-corrected chi connectivity index (χ0v) is 12.3. The highest BCUT2D eigenvalue weighted by atomic mass is 16.5. The molecule has 2 aromatic rings. The maximum Gasteiger partial charge on any atom is 0.121 e. The van der Waals surface area contributed by atoms with E-state index in [2.05, 4.69) is 19.2 Å². The van der Waals surface area contributed by atoms with Gasteiger partial charge in [-0.05, 0) is 50.1 Å². The van der Waals surface area contributed by atoms with E-state index in [0.717, 1.165) is 34.8 Å². The van der Waals surface area contributed by atoms with Crippen LogP contribution in [0.2, 0.25) is 0 Å². The summed E-state index contributed by atoms with van der Waals surface area (Å²) in [5.74, 6) is 0.879. The normalized spacial score (nSPS) is 11.9. The Balaban J connectivity index is 2.12. The molecule has 20 heavy (non-hydrogen) atoms. The number of nitrogen functional groups attached to an aromatic ring is 1. The third-order valence-electron chi connectivity index (χ3n) is 3.31. The summed E-state index contributed by atoms with van der Waals surface area (Å²) >= 11 is 0. The SMILES string of the molecule is CCC(C)Oc1cccc(Nc2ccc(C)c(N)c2)c1. The molecule has 0 fully saturated rings. The molecule has 2 aromatic carbocycles. The van der Waals surface area contributed by atoms with E-state index >= 15 is 0 Å². The van der Waals surface area contributed by atoms with Gasteiger partial charge < -0.3 is 15.8 Å². The van der Waals surface area contributed by atoms with Crippen molar-refractivity contribution >= 4 is 17.1 Å². The van der Waals surface area contributed by atoms with Crippen molar-refractivity contribution in [2.45, 2.75) is 33.3 Å². The van der Waals surface area contributed by atoms with Gasteiger partial charge in [-0.2, -0.15) is 0 Å². The highest BCUT2D eigenvalue weighted by molar-refractivity contribution is 5.66. The summed E-state index contributed by atoms with van der Waals surface area (Å²) in [4.78, 5) is 0. The van der Waals surface area contributed by atoms with Crippen LogP contribution in [0, 0.1) is 6.92 Å². The number of nitrogens with two attached hydrogens (primary N) is 1. The number of ether oxygens (including phenoxy) is 1. The molecule has 0 aliphatic heterocycles. The minimum Gasteiger partial charge on any atom is -0.491 e. The highest BCUT2D eigenvalue weighted by Crippen LogP contribution is 2.24. The van der Waals surface area contributed by atoms with Crippen molar-refractivity contribution in [1.82, 2.24) is 0 Å². The van der Waals surface area contributed by atoms with E-state index in [4.69, 9.17) is 10.5 Å². The topological polar surface area (TPSA) is 47.3 Å². The van der Waals surface area contributed by atoms with Gasteiger partial charge in [0.1, 0.15) is 5.75 Å². The first-order chi connectivity index (χ1) is 9.58. The molecule has 1 atom stereocenters. The molecule has 0 heterocycles. The lowest BCUT2D eigenvalue weighted by Gasteiger charge is -2.14. The summed E-state index contributed by atoms with van der Waals surface area (Å²) in [7, 11) is 0. The largest absolute Gasteiger partial charge is 0.491 e. The minimum atomic E-state index is 0.222. The van der Waals surface area contributed by atoms with Gasteiger partial charge in [0.15, 0.2) is 0 Å². The number of hydrogen-bond acceptors (Lipinski definition) is 3. The summed E-state index contributed by atoms with van der Waals surface area (Å²) in [5, 5.41) is 3.34. The minimum absolute atomic E-state index is 0.222. The smallest absolute Gasteiger partial charge is 0.121 e. The van der Waals surface area contributed by atoms with Crippen molar-refractivity contribution in [2.24, 2.45) is 0 Å². The lowest BCUT2D eigenvalue weighted by atomic mass is 10.2. The van der Waals surface area contributed by atoms with Gasteiger partial charge in [0.2, 0.25) is 0 Å². The molecular formula is C17H22N2O. The van der Waals surface area contributed by atoms with E-state index in [1.807, 2.05) is 49.4 Å². The van der Waals surface area contributed by atoms with Crippen molar-refractivity contribution in [3.63, 3.8) is 0 Å². The van der Waals surface area contributed by atoms with Gasteiger partial charge >= 0.3 is 0 Å². The number of anilines is 3. The van der Waals surface area contributed by atoms with Gasteiger partial charge in [-0.15, -0.1) is 0 Å². The van der Waals surface area contributed by atoms with Crippen LogP contribution in [-0.2, 0) is 0 Å². The lowest BCUT2D eigenvalue weighted by Crippen LogP contribution is -2.09. The number of rotatable bonds is 5. The zero-order chi connectivity index (χ0) is 14.5. The van der Waals surface area contributed by atoms with Crippen molar-refractivity contribution in [2.75, 3.05) is 11.1 Å². The average Bonchev–Trinajstić information content (AvgIpc) is 2.43. The molecule has 0 saturated carbocycles. The molecule has 0 spiro atoms. The first-order valence-corrected chi connectivity index (χ1v) is 6.98. The number of nitrogens with one attached hydrogen (secondary N) is 1. The van der Waals surface area contributed by atoms with Gasteiger partial charge in [-0.3, -0.25) is 0 Å². The summed E-state index contributed by atoms with van der Waals surface area (Å²) in [5.41, 5.74) is 9.78. The van der Waals surface area contributed by atoms with Crippen LogP contribution >= 0.6 is 0 Å². The number of aryl methyl sites for hydroxylation is 1. The van der Waals surface area contributed by atoms with E-state index in [1.54, 1.807) is 0 Å². The van der Waals surface area contributed by atoms with Crippen molar-refractivity contribution in [1.29, 1.82) is 0 Å². The van der Waals surface area contributed by atoms with Crippen molar-refractivity contribution in [3.05, 3.63) is 48.0 Å². The lowest BCUT2D eigenvalue weighted by molar-refractivity contribution is 0.217. The molecule has 2 rings (SSSR count). The van der Waals surface area contributed by atoms with Crippen LogP contribution in [-0.4, -0.2) is 6.10 Å². The van der Waals surface area contributed by atoms with Crippen LogP contribution in [0.1, 0.15) is 25.8 Å². The van der Waals surface area contributed by atoms with E-state index in [1.165, 1.54) is 0 Å². The van der Waals surface area contributed by atoms with Gasteiger partial charge in [0.05, 0.1) is 6.10 Å². The summed E-state index contributed by atoms with van der Waals surface area (Å²) < 4.78 is 5.82. The molecule has 0 radical (unpaired) electrons. The Bertz CT molecular complexity index is 581. The zero-order valence-electron chi connectivity index (χ0n) is 12.3. The van der Waals surface area contributed by atoms with E-state index in [0.29, 0.717) is 0 Å². The molecule has 0 aliphatic carbocycles. The van der Waals surface area contributed by atoms with E-state index in [-0.39, 0.29) is 6.10 Å². The second-order valence-electron chi connectivity index (χ2n) is 5.06. The summed E-state index contributed by atoms with van der Waals surface area (Å²) in [6, 6.07) is 13.9. The molecule has 0 saturated heterocycles. The fraction of sp³-hybridized carbons (Fsp3) is 0.294. The van der Waals surface area contributed by atoms with Crippen LogP contribution in [0.3, 0.4) is 0 Å². The Morgan fingerprint density at radius 1 is 1.15 bits per heavy atom. The molecular weight excluding hydrogens is 248 g/mol. The van der Waals surface area contributed by atoms with Crippen molar-refractivity contribution < 1.29 is 4.74 Å². The fourth-order valence-corrected chi connectivity index (χ4v) is 1.85. The quantitative estimate of drug-likeness (QED) is 0.786. The second-order valence-corrected chi connectivity index (χ2v) is 5.06. The molecule has 106 valence electrons. The standard InChI is InChI=1S/C17H22N2O/c1-4-13(3)20-16-7-5-6-14(10-16)19-15-9-8-12(2)17(18)11-15/h5-11,13,19H,4,18H2,1-3H3. The van der Waals surface area contributed by atoms with Crippen molar-refractivity contribution in [3.8, 4) is 5.75 Å². The van der Waals surface area contributed by atoms with Crippen LogP contribution in [0.25, 0.3) is 0 Å². The Morgan fingerprint density at radius 3 is 2.60 bits per heavy atom. The second kappa shape index (κ2) is 6.33. The van der Waals surface area contributed by atoms with Gasteiger partial charge in [-0.25, -0.2) is 0 Å². The fourth-order valence-electron chi connectivity index (χ4n) is 1.85. The first kappa shape index (κ1) is 14.3. The Kier molecular flexibility index (Phi) is 4.51. The van der Waals surface area contributed by atoms with E-state index < -0.39 is 0 Å². The Labute approximate surface area is 120 Å². The molecule has 1 unspecified atom stereocenters. The van der Waals surface area contributed by atoms with Gasteiger partial charge in [0, 0.05) is 23.1 Å². The van der Waals surface area contributed by atoms with E-state index in [9.17, 15) is 0 Å². The predicted molar refractivity (Wildman–Crippen MR) is 85.7 cm³/mol. The average molecular weight is 270 g/mol. The summed E-state index contributed by atoms with van der Waals surface area (Å²) in [6.45, 7) is 6.18. The molecule has 0 amide bonds. The molecule has 0 bridgehead atoms. The van der Waals surface area contributed by atoms with Crippen LogP contribution in [0.5, 0.6) is 5.75 Å². The highest BCUT2D eigenvalue weighted by Gasteiger charge is 2.03. The maximum absolute atomic E-state index is 5.92. The van der Waals surface area contributed by atoms with Crippen LogP contribution < -0.4 is 15.8 Å². The Morgan fingerprint density at radius 2 is 1.90 bits per heavy atom. The third-order valence-corrected chi connectivity index (χ3v) is 3.31. The van der Waals surface area contributed by atoms with Crippen LogP contribution in [0.4, 0.5) is 17.1 Å². The number of hydrogen-bond donors (Lipinski definition) is 2. The first-order valence-electron chi connectivity index (χ1n) is 6.98. The molecule has 0 aromatic heterocycles. The third kappa shape index (κ3) is 3.67. The van der Waals surface area contributed by atoms with Crippen LogP contribution in [0.15, 0.2) is 42.5 Å². The molecule has 3 heteroatoms. The maximum atomic E-state index is 5.92. The molecule has 3 nitrogen and oxygen atoms in total. The van der Waals surface area contributed by atoms with Gasteiger partial charge in [-0.1, -0.05) is 19.1 Å². The van der Waals surface area contributed by atoms with Gasteiger partial charge in [0.25, 0.3) is 0 Å². The number of benzene rings is 2. The summed E-state index contributed by atoms with van der Waals surface area (Å²) in [6.07, 6.45) is 1.21. The predicted octanol–water partition coefficient (Wildman–Crippen LogP) is 4.50. The molecule has 0 aliphatic rings. The Hall–Kier alpha value is -2.16.